The van der Waals surface area contributed by atoms with Crippen LogP contribution in [0.3, 0.4) is 0 Å². The van der Waals surface area contributed by atoms with Gasteiger partial charge in [0.15, 0.2) is 5.78 Å². The largest absolute Gasteiger partial charge is 0.512 e. The van der Waals surface area contributed by atoms with Crippen molar-refractivity contribution in [3.05, 3.63) is 76.6 Å². The molecule has 0 bridgehead atoms. The number of ketones is 1. The zero-order valence-electron chi connectivity index (χ0n) is 19.7. The van der Waals surface area contributed by atoms with Gasteiger partial charge in [-0.1, -0.05) is 57.9 Å². The third kappa shape index (κ3) is 7.72. The first-order chi connectivity index (χ1) is 13.9. The quantitative estimate of drug-likeness (QED) is 0.198. The zero-order chi connectivity index (χ0) is 22.6. The summed E-state index contributed by atoms with van der Waals surface area (Å²) in [6.45, 7) is 15.9. The number of rotatable bonds is 2. The molecule has 1 heterocycles. The number of aryl methyl sites for hydroxylation is 3. The molecule has 31 heavy (non-hydrogen) atoms. The fraction of sp³-hybridized carbons (Fsp3) is 0.333. The standard InChI is InChI=1S/C22H24N.C5H8O2.Ir/c1-14-7-8-20-17(10-14)13-19(22(4,5)6)21(23-20)18-11-15(2)9-16(3)12-18;1-4(6)3-5(2)7;/h7-11,13H,1-6H3;3,6H,1-2H3;/q-1;;/b;4-3-;. The summed E-state index contributed by atoms with van der Waals surface area (Å²) < 4.78 is 0. The van der Waals surface area contributed by atoms with Crippen molar-refractivity contribution in [2.24, 2.45) is 0 Å². The molecule has 0 unspecified atom stereocenters. The number of aromatic nitrogens is 1. The smallest absolute Gasteiger partial charge is 0.155 e. The van der Waals surface area contributed by atoms with Gasteiger partial charge in [0, 0.05) is 26.2 Å². The Morgan fingerprint density at radius 3 is 2.13 bits per heavy atom. The molecule has 0 aliphatic carbocycles. The van der Waals surface area contributed by atoms with E-state index in [1.54, 1.807) is 0 Å². The Morgan fingerprint density at radius 2 is 1.65 bits per heavy atom. The van der Waals surface area contributed by atoms with Gasteiger partial charge in [-0.05, 0) is 49.4 Å². The number of allylic oxidation sites excluding steroid dienone is 2. The molecule has 2 aromatic carbocycles. The van der Waals surface area contributed by atoms with Gasteiger partial charge in [-0.25, -0.2) is 0 Å². The molecule has 3 aromatic rings. The molecule has 0 saturated carbocycles. The Labute approximate surface area is 200 Å². The van der Waals surface area contributed by atoms with E-state index < -0.39 is 0 Å². The Bertz CT molecular complexity index is 1080. The number of carbonyl (C=O) groups is 1. The molecule has 0 spiro atoms. The molecular weight excluding hydrogens is 563 g/mol. The molecule has 1 radical (unpaired) electrons. The van der Waals surface area contributed by atoms with Crippen molar-refractivity contribution in [2.45, 2.75) is 60.8 Å². The van der Waals surface area contributed by atoms with Crippen LogP contribution in [0.15, 0.2) is 48.2 Å². The Morgan fingerprint density at radius 1 is 1.00 bits per heavy atom. The molecule has 0 aliphatic rings. The minimum atomic E-state index is -0.125. The molecule has 3 nitrogen and oxygen atoms in total. The monoisotopic (exact) mass is 595 g/mol. The van der Waals surface area contributed by atoms with Crippen LogP contribution in [-0.2, 0) is 30.3 Å². The first kappa shape index (κ1) is 26.7. The van der Waals surface area contributed by atoms with E-state index in [9.17, 15) is 4.79 Å². The topological polar surface area (TPSA) is 50.2 Å². The average Bonchev–Trinajstić information content (AvgIpc) is 2.58. The summed E-state index contributed by atoms with van der Waals surface area (Å²) in [4.78, 5) is 15.0. The van der Waals surface area contributed by atoms with Crippen LogP contribution in [0.4, 0.5) is 0 Å². The molecule has 1 aromatic heterocycles. The molecular formula is C27H32IrNO2-. The number of aliphatic hydroxyl groups is 1. The summed E-state index contributed by atoms with van der Waals surface area (Å²) in [5.41, 5.74) is 8.18. The predicted octanol–water partition coefficient (Wildman–Crippen LogP) is 6.96. The summed E-state index contributed by atoms with van der Waals surface area (Å²) in [5.74, 6) is -0.0625. The average molecular weight is 595 g/mol. The van der Waals surface area contributed by atoms with E-state index in [0.29, 0.717) is 0 Å². The summed E-state index contributed by atoms with van der Waals surface area (Å²) in [6, 6.07) is 16.6. The van der Waals surface area contributed by atoms with E-state index in [1.165, 1.54) is 42.0 Å². The second-order valence-corrected chi connectivity index (χ2v) is 8.98. The number of hydrogen-bond acceptors (Lipinski definition) is 3. The van der Waals surface area contributed by atoms with Crippen LogP contribution in [0.1, 0.15) is 56.9 Å². The molecule has 0 fully saturated rings. The van der Waals surface area contributed by atoms with Crippen molar-refractivity contribution >= 4 is 16.7 Å². The summed E-state index contributed by atoms with van der Waals surface area (Å²) in [5, 5.41) is 9.57. The van der Waals surface area contributed by atoms with Crippen molar-refractivity contribution in [1.82, 2.24) is 4.98 Å². The number of pyridine rings is 1. The van der Waals surface area contributed by atoms with Gasteiger partial charge in [0.1, 0.15) is 0 Å². The fourth-order valence-electron chi connectivity index (χ4n) is 3.39. The van der Waals surface area contributed by atoms with E-state index in [0.717, 1.165) is 22.3 Å². The summed E-state index contributed by atoms with van der Waals surface area (Å²) in [6.07, 6.45) is 1.17. The van der Waals surface area contributed by atoms with Crippen molar-refractivity contribution in [1.29, 1.82) is 0 Å². The normalized spacial score (nSPS) is 11.4. The van der Waals surface area contributed by atoms with E-state index in [2.05, 4.69) is 84.0 Å². The first-order valence-electron chi connectivity index (χ1n) is 10.2. The number of aliphatic hydroxyl groups excluding tert-OH is 1. The molecule has 0 atom stereocenters. The fourth-order valence-corrected chi connectivity index (χ4v) is 3.39. The van der Waals surface area contributed by atoms with Crippen LogP contribution < -0.4 is 0 Å². The zero-order valence-corrected chi connectivity index (χ0v) is 22.1. The van der Waals surface area contributed by atoms with Gasteiger partial charge >= 0.3 is 0 Å². The van der Waals surface area contributed by atoms with Crippen LogP contribution in [0.25, 0.3) is 22.2 Å². The first-order valence-corrected chi connectivity index (χ1v) is 10.2. The van der Waals surface area contributed by atoms with Gasteiger partial charge < -0.3 is 5.11 Å². The van der Waals surface area contributed by atoms with E-state index in [1.807, 2.05) is 0 Å². The van der Waals surface area contributed by atoms with E-state index in [4.69, 9.17) is 10.1 Å². The second kappa shape index (κ2) is 10.8. The van der Waals surface area contributed by atoms with Gasteiger partial charge in [-0.3, -0.25) is 9.78 Å². The molecule has 4 heteroatoms. The third-order valence-electron chi connectivity index (χ3n) is 4.59. The minimum absolute atomic E-state index is 0. The molecule has 1 N–H and O–H groups in total. The van der Waals surface area contributed by atoms with Gasteiger partial charge in [0.25, 0.3) is 0 Å². The summed E-state index contributed by atoms with van der Waals surface area (Å²) >= 11 is 0. The molecule has 3 rings (SSSR count). The van der Waals surface area contributed by atoms with Crippen LogP contribution in [0.2, 0.25) is 0 Å². The van der Waals surface area contributed by atoms with Crippen LogP contribution >= 0.6 is 0 Å². The van der Waals surface area contributed by atoms with Crippen molar-refractivity contribution in [3.63, 3.8) is 0 Å². The maximum absolute atomic E-state index is 10.0. The number of fused-ring (bicyclic) bond motifs is 1. The van der Waals surface area contributed by atoms with E-state index >= 15 is 0 Å². The second-order valence-electron chi connectivity index (χ2n) is 8.98. The predicted molar refractivity (Wildman–Crippen MR) is 126 cm³/mol. The van der Waals surface area contributed by atoms with Gasteiger partial charge in [0.2, 0.25) is 0 Å². The molecule has 0 saturated heterocycles. The third-order valence-corrected chi connectivity index (χ3v) is 4.59. The van der Waals surface area contributed by atoms with Gasteiger partial charge in [-0.15, -0.1) is 34.9 Å². The Balaban J connectivity index is 0.000000523. The van der Waals surface area contributed by atoms with Gasteiger partial charge in [-0.2, -0.15) is 0 Å². The number of carbonyl (C=O) groups excluding carboxylic acids is 1. The summed E-state index contributed by atoms with van der Waals surface area (Å²) in [7, 11) is 0. The van der Waals surface area contributed by atoms with Crippen molar-refractivity contribution in [2.75, 3.05) is 0 Å². The SMILES string of the molecule is CC(=O)/C=C(/C)O.Cc1[c-]c(-c2nc3ccc(C)cc3cc2C(C)(C)C)cc(C)c1.[Ir]. The van der Waals surface area contributed by atoms with E-state index in [-0.39, 0.29) is 37.1 Å². The maximum Gasteiger partial charge on any atom is 0.155 e. The van der Waals surface area contributed by atoms with Crippen molar-refractivity contribution in [3.8, 4) is 11.3 Å². The number of benzene rings is 2. The molecule has 0 aliphatic heterocycles. The minimum Gasteiger partial charge on any atom is -0.512 e. The van der Waals surface area contributed by atoms with Crippen LogP contribution in [-0.4, -0.2) is 15.9 Å². The Hall–Kier alpha value is -2.29. The van der Waals surface area contributed by atoms with Crippen molar-refractivity contribution < 1.29 is 30.0 Å². The number of nitrogens with zero attached hydrogens (tertiary/aromatic N) is 1. The number of hydrogen-bond donors (Lipinski definition) is 1. The maximum atomic E-state index is 10.0. The van der Waals surface area contributed by atoms with Gasteiger partial charge in [0.05, 0.1) is 11.3 Å². The molecule has 167 valence electrons. The van der Waals surface area contributed by atoms with Crippen LogP contribution in [0.5, 0.6) is 0 Å². The van der Waals surface area contributed by atoms with Crippen LogP contribution in [0, 0.1) is 26.8 Å². The Kier molecular flexibility index (Phi) is 9.35. The molecule has 0 amide bonds.